The van der Waals surface area contributed by atoms with Gasteiger partial charge in [0.15, 0.2) is 5.54 Å². The molecule has 1 unspecified atom stereocenters. The number of nitrogens with zero attached hydrogens (tertiary/aromatic N) is 3. The number of alkyl carbamates (subject to hydrolysis) is 1. The van der Waals surface area contributed by atoms with Crippen LogP contribution in [-0.2, 0) is 25.6 Å². The average molecular weight is 502 g/mol. The minimum Gasteiger partial charge on any atom is -0.444 e. The number of nitrogens with one attached hydrogen (secondary N) is 2. The van der Waals surface area contributed by atoms with Crippen molar-refractivity contribution in [3.63, 3.8) is 0 Å². The third kappa shape index (κ3) is 6.73. The molecule has 36 heavy (non-hydrogen) atoms. The lowest BCUT2D eigenvalue weighted by Gasteiger charge is -2.26. The molecule has 11 heteroatoms. The van der Waals surface area contributed by atoms with Crippen LogP contribution in [0.15, 0.2) is 29.3 Å². The van der Waals surface area contributed by atoms with Crippen molar-refractivity contribution in [3.8, 4) is 0 Å². The number of carbonyl (C=O) groups is 4. The van der Waals surface area contributed by atoms with E-state index in [1.807, 2.05) is 0 Å². The molecule has 1 aromatic rings. The molecule has 1 aromatic carbocycles. The molecule has 0 saturated carbocycles. The van der Waals surface area contributed by atoms with Crippen molar-refractivity contribution in [1.82, 2.24) is 15.1 Å². The molecule has 0 aromatic heterocycles. The van der Waals surface area contributed by atoms with E-state index in [1.54, 1.807) is 65.8 Å². The second-order valence-electron chi connectivity index (χ2n) is 11.0. The van der Waals surface area contributed by atoms with Gasteiger partial charge in [-0.3, -0.25) is 19.8 Å². The van der Waals surface area contributed by atoms with Crippen molar-refractivity contribution >= 4 is 35.6 Å². The smallest absolute Gasteiger partial charge is 0.414 e. The predicted molar refractivity (Wildman–Crippen MR) is 133 cm³/mol. The van der Waals surface area contributed by atoms with E-state index in [2.05, 4.69) is 15.6 Å². The van der Waals surface area contributed by atoms with Gasteiger partial charge in [0, 0.05) is 25.6 Å². The molecule has 0 bridgehead atoms. The summed E-state index contributed by atoms with van der Waals surface area (Å²) in [5, 5.41) is 5.31. The van der Waals surface area contributed by atoms with Gasteiger partial charge in [0.1, 0.15) is 11.2 Å². The first-order chi connectivity index (χ1) is 16.6. The average Bonchev–Trinajstić information content (AvgIpc) is 3.24. The Kier molecular flexibility index (Phi) is 7.33. The Morgan fingerprint density at radius 1 is 1.00 bits per heavy atom. The number of aliphatic imine (C=N–C) groups is 1. The van der Waals surface area contributed by atoms with Gasteiger partial charge in [-0.15, -0.1) is 0 Å². The lowest BCUT2D eigenvalue weighted by atomic mass is 9.99. The number of rotatable bonds is 3. The molecule has 2 heterocycles. The van der Waals surface area contributed by atoms with Crippen LogP contribution in [0.2, 0.25) is 0 Å². The SMILES string of the molecule is CC(=O)Nc1ccc(CN2C(=O)C3(CCN(C(=O)OC(C)(C)C)C3)N=C2NC(=O)OC(C)(C)C)cc1. The van der Waals surface area contributed by atoms with Gasteiger partial charge >= 0.3 is 12.2 Å². The molecule has 11 nitrogen and oxygen atoms in total. The van der Waals surface area contributed by atoms with Crippen LogP contribution in [0.25, 0.3) is 0 Å². The maximum absolute atomic E-state index is 13.7. The first kappa shape index (κ1) is 27.0. The Morgan fingerprint density at radius 2 is 1.61 bits per heavy atom. The number of ether oxygens (including phenoxy) is 2. The molecule has 0 radical (unpaired) electrons. The summed E-state index contributed by atoms with van der Waals surface area (Å²) in [6.07, 6.45) is -0.960. The third-order valence-electron chi connectivity index (χ3n) is 5.35. The number of guanidine groups is 1. The zero-order valence-electron chi connectivity index (χ0n) is 21.9. The quantitative estimate of drug-likeness (QED) is 0.654. The maximum atomic E-state index is 13.7. The molecule has 1 atom stereocenters. The van der Waals surface area contributed by atoms with Gasteiger partial charge in [-0.2, -0.15) is 0 Å². The van der Waals surface area contributed by atoms with E-state index in [1.165, 1.54) is 16.7 Å². The number of carbonyl (C=O) groups excluding carboxylic acids is 4. The molecule has 2 aliphatic heterocycles. The number of hydrogen-bond donors (Lipinski definition) is 2. The molecular formula is C25H35N5O6. The highest BCUT2D eigenvalue weighted by molar-refractivity contribution is 6.11. The topological polar surface area (TPSA) is 130 Å². The van der Waals surface area contributed by atoms with Gasteiger partial charge < -0.3 is 19.7 Å². The van der Waals surface area contributed by atoms with Gasteiger partial charge in [-0.05, 0) is 59.2 Å². The van der Waals surface area contributed by atoms with Crippen LogP contribution in [0.4, 0.5) is 15.3 Å². The van der Waals surface area contributed by atoms with E-state index in [0.29, 0.717) is 18.7 Å². The first-order valence-electron chi connectivity index (χ1n) is 11.8. The highest BCUT2D eigenvalue weighted by Gasteiger charge is 2.54. The monoisotopic (exact) mass is 501 g/mol. The Morgan fingerprint density at radius 3 is 2.17 bits per heavy atom. The van der Waals surface area contributed by atoms with Crippen LogP contribution >= 0.6 is 0 Å². The lowest BCUT2D eigenvalue weighted by molar-refractivity contribution is -0.131. The van der Waals surface area contributed by atoms with Gasteiger partial charge in [-0.25, -0.2) is 14.6 Å². The Labute approximate surface area is 211 Å². The summed E-state index contributed by atoms with van der Waals surface area (Å²) in [7, 11) is 0. The molecule has 1 fully saturated rings. The normalized spacial score (nSPS) is 19.9. The fourth-order valence-corrected chi connectivity index (χ4v) is 3.92. The highest BCUT2D eigenvalue weighted by Crippen LogP contribution is 2.34. The Balaban J connectivity index is 1.83. The minimum atomic E-state index is -1.22. The molecule has 3 rings (SSSR count). The number of anilines is 1. The third-order valence-corrected chi connectivity index (χ3v) is 5.35. The van der Waals surface area contributed by atoms with Gasteiger partial charge in [-0.1, -0.05) is 12.1 Å². The first-order valence-corrected chi connectivity index (χ1v) is 11.8. The molecule has 1 saturated heterocycles. The lowest BCUT2D eigenvalue weighted by Crippen LogP contribution is -2.48. The summed E-state index contributed by atoms with van der Waals surface area (Å²) in [6, 6.07) is 7.00. The van der Waals surface area contributed by atoms with Crippen molar-refractivity contribution in [3.05, 3.63) is 29.8 Å². The molecule has 0 aliphatic carbocycles. The molecule has 4 amide bonds. The molecule has 2 aliphatic rings. The summed E-state index contributed by atoms with van der Waals surface area (Å²) in [5.74, 6) is -0.456. The van der Waals surface area contributed by atoms with Crippen molar-refractivity contribution < 1.29 is 28.7 Å². The summed E-state index contributed by atoms with van der Waals surface area (Å²) in [6.45, 7) is 12.4. The van der Waals surface area contributed by atoms with Crippen molar-refractivity contribution in [1.29, 1.82) is 0 Å². The molecule has 1 spiro atoms. The van der Waals surface area contributed by atoms with E-state index in [4.69, 9.17) is 9.47 Å². The van der Waals surface area contributed by atoms with Crippen LogP contribution in [0, 0.1) is 0 Å². The molecule has 196 valence electrons. The summed E-state index contributed by atoms with van der Waals surface area (Å²) in [4.78, 5) is 57.5. The fourth-order valence-electron chi connectivity index (χ4n) is 3.92. The second kappa shape index (κ2) is 9.79. The van der Waals surface area contributed by atoms with Gasteiger partial charge in [0.25, 0.3) is 5.91 Å². The van der Waals surface area contributed by atoms with Crippen molar-refractivity contribution in [2.75, 3.05) is 18.4 Å². The van der Waals surface area contributed by atoms with E-state index < -0.39 is 28.9 Å². The molecule has 2 N–H and O–H groups in total. The van der Waals surface area contributed by atoms with Crippen LogP contribution in [0.1, 0.15) is 60.5 Å². The van der Waals surface area contributed by atoms with Gasteiger partial charge in [0.2, 0.25) is 11.9 Å². The zero-order chi connectivity index (χ0) is 26.9. The highest BCUT2D eigenvalue weighted by atomic mass is 16.6. The van der Waals surface area contributed by atoms with Crippen molar-refractivity contribution in [2.45, 2.75) is 78.2 Å². The van der Waals surface area contributed by atoms with Crippen LogP contribution < -0.4 is 10.6 Å². The zero-order valence-corrected chi connectivity index (χ0v) is 21.9. The van der Waals surface area contributed by atoms with E-state index in [-0.39, 0.29) is 30.9 Å². The van der Waals surface area contributed by atoms with Crippen LogP contribution in [0.3, 0.4) is 0 Å². The Hall–Kier alpha value is -3.63. The summed E-state index contributed by atoms with van der Waals surface area (Å²) < 4.78 is 10.8. The number of likely N-dealkylation sites (tertiary alicyclic amines) is 1. The van der Waals surface area contributed by atoms with Crippen molar-refractivity contribution in [2.24, 2.45) is 4.99 Å². The predicted octanol–water partition coefficient (Wildman–Crippen LogP) is 3.25. The molecular weight excluding hydrogens is 466 g/mol. The van der Waals surface area contributed by atoms with Crippen LogP contribution in [-0.4, -0.2) is 69.6 Å². The number of amides is 4. The Bertz CT molecular complexity index is 1070. The minimum absolute atomic E-state index is 0.0399. The second-order valence-corrected chi connectivity index (χ2v) is 11.0. The van der Waals surface area contributed by atoms with E-state index in [9.17, 15) is 19.2 Å². The van der Waals surface area contributed by atoms with E-state index in [0.717, 1.165) is 5.56 Å². The standard InChI is InChI=1S/C25H35N5O6/c1-16(31)26-18-10-8-17(9-11-18)14-30-19(32)25(28-20(30)27-21(33)35-23(2,3)4)12-13-29(15-25)22(34)36-24(5,6)7/h8-11H,12-15H2,1-7H3,(H,26,31)(H,27,28,33). The summed E-state index contributed by atoms with van der Waals surface area (Å²) in [5.41, 5.74) is -1.25. The number of hydrogen-bond acceptors (Lipinski definition) is 7. The largest absolute Gasteiger partial charge is 0.444 e. The maximum Gasteiger partial charge on any atom is 0.414 e. The number of benzene rings is 1. The van der Waals surface area contributed by atoms with Crippen LogP contribution in [0.5, 0.6) is 0 Å². The summed E-state index contributed by atoms with van der Waals surface area (Å²) >= 11 is 0. The van der Waals surface area contributed by atoms with E-state index >= 15 is 0 Å². The fraction of sp³-hybridized carbons (Fsp3) is 0.560. The van der Waals surface area contributed by atoms with Gasteiger partial charge in [0.05, 0.1) is 13.1 Å².